The molecule has 2 amide bonds. The van der Waals surface area contributed by atoms with Crippen molar-refractivity contribution in [2.75, 3.05) is 37.6 Å². The van der Waals surface area contributed by atoms with Crippen molar-refractivity contribution in [3.05, 3.63) is 53.0 Å². The molecule has 0 bridgehead atoms. The molecule has 0 radical (unpaired) electrons. The highest BCUT2D eigenvalue weighted by Crippen LogP contribution is 2.34. The highest BCUT2D eigenvalue weighted by molar-refractivity contribution is 5.95. The number of likely N-dealkylation sites (tertiary alicyclic amines) is 1. The van der Waals surface area contributed by atoms with Crippen LogP contribution in [0.2, 0.25) is 0 Å². The van der Waals surface area contributed by atoms with E-state index in [1.54, 1.807) is 0 Å². The zero-order chi connectivity index (χ0) is 23.4. The minimum absolute atomic E-state index is 0.114. The topological polar surface area (TPSA) is 69.6 Å². The monoisotopic (exact) mass is 449 g/mol. The average Bonchev–Trinajstić information content (AvgIpc) is 3.32. The summed E-state index contributed by atoms with van der Waals surface area (Å²) >= 11 is 0. The van der Waals surface area contributed by atoms with Crippen molar-refractivity contribution in [2.24, 2.45) is 0 Å². The van der Waals surface area contributed by atoms with Gasteiger partial charge in [0.1, 0.15) is 5.82 Å². The molecule has 0 saturated carbocycles. The molecule has 0 N–H and O–H groups in total. The Morgan fingerprint density at radius 2 is 1.88 bits per heavy atom. The molecule has 1 aromatic carbocycles. The van der Waals surface area contributed by atoms with Gasteiger partial charge in [0.15, 0.2) is 5.82 Å². The van der Waals surface area contributed by atoms with Crippen molar-refractivity contribution < 1.29 is 9.59 Å². The lowest BCUT2D eigenvalue weighted by atomic mass is 10.0. The van der Waals surface area contributed by atoms with Crippen molar-refractivity contribution in [2.45, 2.75) is 58.9 Å². The molecule has 0 spiro atoms. The van der Waals surface area contributed by atoms with Gasteiger partial charge in [0, 0.05) is 30.8 Å². The number of fused-ring (bicyclic) bond motifs is 1. The number of carbonyl (C=O) groups excluding carboxylic acids is 2. The fraction of sp³-hybridized carbons (Fsp3) is 0.538. The van der Waals surface area contributed by atoms with Crippen LogP contribution in [0.25, 0.3) is 0 Å². The summed E-state index contributed by atoms with van der Waals surface area (Å²) in [7, 11) is 0. The van der Waals surface area contributed by atoms with Gasteiger partial charge in [-0.15, -0.1) is 0 Å². The predicted molar refractivity (Wildman–Crippen MR) is 129 cm³/mol. The third-order valence-corrected chi connectivity index (χ3v) is 6.95. The van der Waals surface area contributed by atoms with Crippen molar-refractivity contribution in [3.63, 3.8) is 0 Å². The number of rotatable bonds is 8. The van der Waals surface area contributed by atoms with E-state index >= 15 is 0 Å². The van der Waals surface area contributed by atoms with E-state index < -0.39 is 0 Å². The van der Waals surface area contributed by atoms with E-state index in [0.29, 0.717) is 31.8 Å². The highest BCUT2D eigenvalue weighted by Gasteiger charge is 2.35. The minimum atomic E-state index is -0.120. The molecule has 1 aromatic heterocycles. The zero-order valence-electron chi connectivity index (χ0n) is 20.1. The van der Waals surface area contributed by atoms with Gasteiger partial charge in [0.05, 0.1) is 12.6 Å². The molecule has 1 saturated heterocycles. The molecule has 3 heterocycles. The number of hydrogen-bond acceptors (Lipinski definition) is 5. The summed E-state index contributed by atoms with van der Waals surface area (Å²) in [4.78, 5) is 41.6. The lowest BCUT2D eigenvalue weighted by molar-refractivity contribution is -0.133. The molecule has 2 aliphatic rings. The minimum Gasteiger partial charge on any atom is -0.331 e. The second kappa shape index (κ2) is 10.4. The van der Waals surface area contributed by atoms with Gasteiger partial charge in [-0.1, -0.05) is 44.2 Å². The number of likely N-dealkylation sites (N-methyl/N-ethyl adjacent to an activating group) is 1. The summed E-state index contributed by atoms with van der Waals surface area (Å²) in [6.07, 6.45) is 3.76. The summed E-state index contributed by atoms with van der Waals surface area (Å²) in [5.41, 5.74) is 3.19. The summed E-state index contributed by atoms with van der Waals surface area (Å²) in [6, 6.07) is 10.1. The number of benzene rings is 1. The SMILES string of the molecule is CCN(CC)CC(=O)N1CCC[C@@H]1c1nc(C)c2c(n1)N(CCc1ccccc1)C(=O)CC2. The molecule has 1 atom stereocenters. The maximum absolute atomic E-state index is 13.1. The first-order valence-corrected chi connectivity index (χ1v) is 12.2. The van der Waals surface area contributed by atoms with E-state index in [1.807, 2.05) is 34.9 Å². The van der Waals surface area contributed by atoms with Crippen LogP contribution in [0, 0.1) is 6.92 Å². The molecular formula is C26H35N5O2. The van der Waals surface area contributed by atoms with Gasteiger partial charge < -0.3 is 4.90 Å². The number of nitrogens with zero attached hydrogens (tertiary/aromatic N) is 5. The molecule has 1 fully saturated rings. The molecule has 7 heteroatoms. The Morgan fingerprint density at radius 1 is 1.12 bits per heavy atom. The van der Waals surface area contributed by atoms with E-state index in [4.69, 9.17) is 9.97 Å². The predicted octanol–water partition coefficient (Wildman–Crippen LogP) is 3.31. The van der Waals surface area contributed by atoms with Crippen molar-refractivity contribution in [1.82, 2.24) is 19.8 Å². The molecule has 33 heavy (non-hydrogen) atoms. The molecule has 7 nitrogen and oxygen atoms in total. The standard InChI is InChI=1S/C26H35N5O2/c1-4-29(5-2)18-24(33)30-16-9-12-22(30)25-27-19(3)21-13-14-23(32)31(26(21)28-25)17-15-20-10-7-6-8-11-20/h6-8,10-11,22H,4-5,9,12-18H2,1-3H3/t22-/m1/s1. The van der Waals surface area contributed by atoms with Gasteiger partial charge in [-0.3, -0.25) is 19.4 Å². The Balaban J connectivity index is 1.59. The van der Waals surface area contributed by atoms with E-state index in [-0.39, 0.29) is 17.9 Å². The third-order valence-electron chi connectivity index (χ3n) is 6.95. The molecule has 176 valence electrons. The fourth-order valence-electron chi connectivity index (χ4n) is 4.93. The average molecular weight is 450 g/mol. The van der Waals surface area contributed by atoms with Crippen LogP contribution in [0.5, 0.6) is 0 Å². The lowest BCUT2D eigenvalue weighted by Gasteiger charge is -2.31. The summed E-state index contributed by atoms with van der Waals surface area (Å²) in [5.74, 6) is 1.67. The van der Waals surface area contributed by atoms with Gasteiger partial charge in [-0.2, -0.15) is 0 Å². The first-order valence-electron chi connectivity index (χ1n) is 12.2. The Labute approximate surface area is 196 Å². The molecule has 0 unspecified atom stereocenters. The van der Waals surface area contributed by atoms with Crippen LogP contribution in [0.15, 0.2) is 30.3 Å². The van der Waals surface area contributed by atoms with Crippen LogP contribution in [0.3, 0.4) is 0 Å². The van der Waals surface area contributed by atoms with Gasteiger partial charge >= 0.3 is 0 Å². The van der Waals surface area contributed by atoms with Crippen molar-refractivity contribution in [1.29, 1.82) is 0 Å². The number of anilines is 1. The van der Waals surface area contributed by atoms with Crippen LogP contribution in [0.1, 0.15) is 61.8 Å². The summed E-state index contributed by atoms with van der Waals surface area (Å²) < 4.78 is 0. The van der Waals surface area contributed by atoms with Gasteiger partial charge in [0.2, 0.25) is 11.8 Å². The summed E-state index contributed by atoms with van der Waals surface area (Å²) in [6.45, 7) is 9.63. The number of hydrogen-bond donors (Lipinski definition) is 0. The molecule has 4 rings (SSSR count). The van der Waals surface area contributed by atoms with Gasteiger partial charge in [-0.25, -0.2) is 9.97 Å². The first-order chi connectivity index (χ1) is 16.0. The third kappa shape index (κ3) is 5.08. The molecule has 2 aliphatic heterocycles. The van der Waals surface area contributed by atoms with Crippen LogP contribution >= 0.6 is 0 Å². The number of carbonyl (C=O) groups is 2. The Morgan fingerprint density at radius 3 is 2.61 bits per heavy atom. The molecular weight excluding hydrogens is 414 g/mol. The fourth-order valence-corrected chi connectivity index (χ4v) is 4.93. The Kier molecular flexibility index (Phi) is 7.38. The number of aryl methyl sites for hydroxylation is 1. The van der Waals surface area contributed by atoms with Crippen LogP contribution < -0.4 is 4.90 Å². The maximum atomic E-state index is 13.1. The van der Waals surface area contributed by atoms with Crippen LogP contribution in [-0.4, -0.2) is 64.3 Å². The molecule has 2 aromatic rings. The number of amides is 2. The number of aromatic nitrogens is 2. The smallest absolute Gasteiger partial charge is 0.237 e. The van der Waals surface area contributed by atoms with Gasteiger partial charge in [0.25, 0.3) is 0 Å². The lowest BCUT2D eigenvalue weighted by Crippen LogP contribution is -2.41. The normalized spacial score (nSPS) is 18.2. The second-order valence-electron chi connectivity index (χ2n) is 8.96. The molecule has 0 aliphatic carbocycles. The highest BCUT2D eigenvalue weighted by atomic mass is 16.2. The zero-order valence-corrected chi connectivity index (χ0v) is 20.1. The second-order valence-corrected chi connectivity index (χ2v) is 8.96. The van der Waals surface area contributed by atoms with Crippen LogP contribution in [0.4, 0.5) is 5.82 Å². The van der Waals surface area contributed by atoms with Crippen molar-refractivity contribution >= 4 is 17.6 Å². The largest absolute Gasteiger partial charge is 0.331 e. The van der Waals surface area contributed by atoms with Gasteiger partial charge in [-0.05, 0) is 51.3 Å². The van der Waals surface area contributed by atoms with Crippen molar-refractivity contribution in [3.8, 4) is 0 Å². The van der Waals surface area contributed by atoms with E-state index in [1.165, 1.54) is 5.56 Å². The van der Waals surface area contributed by atoms with E-state index in [2.05, 4.69) is 30.9 Å². The van der Waals surface area contributed by atoms with Crippen LogP contribution in [-0.2, 0) is 22.4 Å². The summed E-state index contributed by atoms with van der Waals surface area (Å²) in [5, 5.41) is 0. The maximum Gasteiger partial charge on any atom is 0.237 e. The van der Waals surface area contributed by atoms with E-state index in [9.17, 15) is 9.59 Å². The Bertz CT molecular complexity index is 990. The quantitative estimate of drug-likeness (QED) is 0.618. The Hall–Kier alpha value is -2.80. The van der Waals surface area contributed by atoms with E-state index in [0.717, 1.165) is 56.0 Å². The first kappa shape index (κ1) is 23.4.